The highest BCUT2D eigenvalue weighted by Crippen LogP contribution is 2.37. The molecule has 1 aliphatic rings. The summed E-state index contributed by atoms with van der Waals surface area (Å²) in [7, 11) is 1.59. The maximum absolute atomic E-state index is 12.5. The Morgan fingerprint density at radius 3 is 2.92 bits per heavy atom. The van der Waals surface area contributed by atoms with Gasteiger partial charge in [-0.15, -0.1) is 0 Å². The number of carbonyl (C=O) groups is 1. The van der Waals surface area contributed by atoms with Crippen LogP contribution in [0.2, 0.25) is 5.02 Å². The fraction of sp³-hybridized carbons (Fsp3) is 0.222. The molecule has 0 aliphatic carbocycles. The molecule has 4 rings (SSSR count). The molecule has 1 fully saturated rings. The van der Waals surface area contributed by atoms with E-state index in [9.17, 15) is 4.79 Å². The monoisotopic (exact) mass is 341 g/mol. The lowest BCUT2D eigenvalue weighted by atomic mass is 10.1. The summed E-state index contributed by atoms with van der Waals surface area (Å²) in [5.41, 5.74) is 2.60. The van der Waals surface area contributed by atoms with E-state index in [0.717, 1.165) is 16.9 Å². The standard InChI is InChI=1S/C18H16ClN3O2/c1-24-16-7-6-12(19)9-15(16)22-10-11(8-17(22)23)18-20-13-4-2-3-5-14(13)21-18/h2-7,9,11H,8,10H2,1H3,(H,20,21)/t11-/m0/s1. The van der Waals surface area contributed by atoms with Crippen LogP contribution in [-0.4, -0.2) is 29.5 Å². The first kappa shape index (κ1) is 15.0. The van der Waals surface area contributed by atoms with Crippen LogP contribution >= 0.6 is 11.6 Å². The fourth-order valence-electron chi connectivity index (χ4n) is 3.16. The van der Waals surface area contributed by atoms with Crippen molar-refractivity contribution in [1.82, 2.24) is 9.97 Å². The second kappa shape index (κ2) is 5.83. The van der Waals surface area contributed by atoms with Gasteiger partial charge in [-0.1, -0.05) is 23.7 Å². The Hall–Kier alpha value is -2.53. The van der Waals surface area contributed by atoms with Gasteiger partial charge in [0, 0.05) is 23.9 Å². The summed E-state index contributed by atoms with van der Waals surface area (Å²) in [5, 5.41) is 0.575. The zero-order valence-corrected chi connectivity index (χ0v) is 13.9. The summed E-state index contributed by atoms with van der Waals surface area (Å²) in [5.74, 6) is 1.54. The van der Waals surface area contributed by atoms with Crippen molar-refractivity contribution in [2.45, 2.75) is 12.3 Å². The van der Waals surface area contributed by atoms with Crippen molar-refractivity contribution < 1.29 is 9.53 Å². The number of anilines is 1. The predicted molar refractivity (Wildman–Crippen MR) is 93.8 cm³/mol. The van der Waals surface area contributed by atoms with Gasteiger partial charge in [-0.25, -0.2) is 4.98 Å². The van der Waals surface area contributed by atoms with Gasteiger partial charge in [-0.2, -0.15) is 0 Å². The average Bonchev–Trinajstić information content (AvgIpc) is 3.18. The number of H-pyrrole nitrogens is 1. The molecular weight excluding hydrogens is 326 g/mol. The number of para-hydroxylation sites is 2. The van der Waals surface area contributed by atoms with Crippen LogP contribution < -0.4 is 9.64 Å². The van der Waals surface area contributed by atoms with Crippen molar-refractivity contribution in [3.63, 3.8) is 0 Å². The summed E-state index contributed by atoms with van der Waals surface area (Å²) in [4.78, 5) is 22.2. The Morgan fingerprint density at radius 1 is 1.29 bits per heavy atom. The van der Waals surface area contributed by atoms with Gasteiger partial charge in [-0.05, 0) is 30.3 Å². The van der Waals surface area contributed by atoms with E-state index in [2.05, 4.69) is 9.97 Å². The molecule has 122 valence electrons. The lowest BCUT2D eigenvalue weighted by molar-refractivity contribution is -0.117. The van der Waals surface area contributed by atoms with Crippen LogP contribution in [0.25, 0.3) is 11.0 Å². The molecule has 24 heavy (non-hydrogen) atoms. The Morgan fingerprint density at radius 2 is 2.12 bits per heavy atom. The third-order valence-corrected chi connectivity index (χ3v) is 4.59. The SMILES string of the molecule is COc1ccc(Cl)cc1N1C[C@@H](c2nc3ccccc3[nH]2)CC1=O. The second-order valence-electron chi connectivity index (χ2n) is 5.86. The van der Waals surface area contributed by atoms with Gasteiger partial charge in [0.1, 0.15) is 11.6 Å². The highest BCUT2D eigenvalue weighted by Gasteiger charge is 2.34. The van der Waals surface area contributed by atoms with Crippen molar-refractivity contribution in [2.75, 3.05) is 18.6 Å². The number of benzene rings is 2. The average molecular weight is 342 g/mol. The number of nitrogens with one attached hydrogen (secondary N) is 1. The number of aromatic nitrogens is 2. The zero-order chi connectivity index (χ0) is 16.7. The maximum Gasteiger partial charge on any atom is 0.227 e. The van der Waals surface area contributed by atoms with Crippen molar-refractivity contribution in [3.05, 3.63) is 53.3 Å². The van der Waals surface area contributed by atoms with Crippen LogP contribution in [0.5, 0.6) is 5.75 Å². The van der Waals surface area contributed by atoms with E-state index < -0.39 is 0 Å². The van der Waals surface area contributed by atoms with Crippen molar-refractivity contribution >= 4 is 34.2 Å². The first-order chi connectivity index (χ1) is 11.7. The third-order valence-electron chi connectivity index (χ3n) is 4.35. The molecule has 5 nitrogen and oxygen atoms in total. The number of aromatic amines is 1. The van der Waals surface area contributed by atoms with Gasteiger partial charge in [0.15, 0.2) is 0 Å². The highest BCUT2D eigenvalue weighted by atomic mass is 35.5. The molecule has 1 N–H and O–H groups in total. The lowest BCUT2D eigenvalue weighted by Crippen LogP contribution is -2.24. The van der Waals surface area contributed by atoms with E-state index in [1.807, 2.05) is 24.3 Å². The van der Waals surface area contributed by atoms with E-state index >= 15 is 0 Å². The Balaban J connectivity index is 1.67. The van der Waals surface area contributed by atoms with Crippen LogP contribution in [0.1, 0.15) is 18.2 Å². The summed E-state index contributed by atoms with van der Waals surface area (Å²) < 4.78 is 5.37. The fourth-order valence-corrected chi connectivity index (χ4v) is 3.33. The summed E-state index contributed by atoms with van der Waals surface area (Å²) >= 11 is 6.09. The minimum Gasteiger partial charge on any atom is -0.495 e. The molecule has 1 saturated heterocycles. The van der Waals surface area contributed by atoms with Crippen LogP contribution in [0.3, 0.4) is 0 Å². The van der Waals surface area contributed by atoms with Gasteiger partial charge in [0.25, 0.3) is 0 Å². The summed E-state index contributed by atoms with van der Waals surface area (Å²) in [6.45, 7) is 0.551. The molecule has 1 aromatic heterocycles. The lowest BCUT2D eigenvalue weighted by Gasteiger charge is -2.19. The normalized spacial score (nSPS) is 17.7. The smallest absolute Gasteiger partial charge is 0.227 e. The molecular formula is C18H16ClN3O2. The highest BCUT2D eigenvalue weighted by molar-refractivity contribution is 6.31. The van der Waals surface area contributed by atoms with Crippen LogP contribution in [-0.2, 0) is 4.79 Å². The number of nitrogens with zero attached hydrogens (tertiary/aromatic N) is 2. The van der Waals surface area contributed by atoms with E-state index in [0.29, 0.717) is 29.4 Å². The molecule has 1 atom stereocenters. The first-order valence-electron chi connectivity index (χ1n) is 7.74. The number of amides is 1. The van der Waals surface area contributed by atoms with E-state index in [4.69, 9.17) is 16.3 Å². The number of imidazole rings is 1. The zero-order valence-electron chi connectivity index (χ0n) is 13.1. The quantitative estimate of drug-likeness (QED) is 0.789. The topological polar surface area (TPSA) is 58.2 Å². The second-order valence-corrected chi connectivity index (χ2v) is 6.30. The molecule has 3 aromatic rings. The molecule has 0 bridgehead atoms. The molecule has 0 spiro atoms. The van der Waals surface area contributed by atoms with Gasteiger partial charge in [-0.3, -0.25) is 4.79 Å². The molecule has 2 aromatic carbocycles. The Kier molecular flexibility index (Phi) is 3.65. The Labute approximate surface area is 144 Å². The van der Waals surface area contributed by atoms with Crippen molar-refractivity contribution in [2.24, 2.45) is 0 Å². The Bertz CT molecular complexity index is 889. The van der Waals surface area contributed by atoms with E-state index in [1.165, 1.54) is 0 Å². The van der Waals surface area contributed by atoms with E-state index in [1.54, 1.807) is 30.2 Å². The van der Waals surface area contributed by atoms with Gasteiger partial charge >= 0.3 is 0 Å². The molecule has 0 unspecified atom stereocenters. The number of hydrogen-bond donors (Lipinski definition) is 1. The molecule has 0 saturated carbocycles. The van der Waals surface area contributed by atoms with Crippen molar-refractivity contribution in [1.29, 1.82) is 0 Å². The minimum absolute atomic E-state index is 0.0218. The predicted octanol–water partition coefficient (Wildman–Crippen LogP) is 3.75. The molecule has 0 radical (unpaired) electrons. The number of methoxy groups -OCH3 is 1. The number of rotatable bonds is 3. The molecule has 1 amide bonds. The van der Waals surface area contributed by atoms with Crippen LogP contribution in [0.15, 0.2) is 42.5 Å². The molecule has 1 aliphatic heterocycles. The number of carbonyl (C=O) groups excluding carboxylic acids is 1. The molecule has 6 heteroatoms. The van der Waals surface area contributed by atoms with Crippen LogP contribution in [0.4, 0.5) is 5.69 Å². The summed E-state index contributed by atoms with van der Waals surface area (Å²) in [6.07, 6.45) is 0.412. The number of fused-ring (bicyclic) bond motifs is 1. The maximum atomic E-state index is 12.5. The number of hydrogen-bond acceptors (Lipinski definition) is 3. The van der Waals surface area contributed by atoms with Gasteiger partial charge < -0.3 is 14.6 Å². The number of halogens is 1. The van der Waals surface area contributed by atoms with Crippen LogP contribution in [0, 0.1) is 0 Å². The minimum atomic E-state index is 0.0218. The van der Waals surface area contributed by atoms with Crippen molar-refractivity contribution in [3.8, 4) is 5.75 Å². The van der Waals surface area contributed by atoms with Gasteiger partial charge in [0.05, 0.1) is 23.8 Å². The first-order valence-corrected chi connectivity index (χ1v) is 8.12. The third kappa shape index (κ3) is 2.51. The number of ether oxygens (including phenoxy) is 1. The van der Waals surface area contributed by atoms with Gasteiger partial charge in [0.2, 0.25) is 5.91 Å². The van der Waals surface area contributed by atoms with E-state index in [-0.39, 0.29) is 11.8 Å². The largest absolute Gasteiger partial charge is 0.495 e. The molecule has 2 heterocycles. The summed E-state index contributed by atoms with van der Waals surface area (Å²) in [6, 6.07) is 13.2.